The molecule has 0 aliphatic heterocycles. The minimum atomic E-state index is -5.46. The summed E-state index contributed by atoms with van der Waals surface area (Å²) in [5, 5.41) is 37.8. The fourth-order valence-electron chi connectivity index (χ4n) is 1.74. The highest BCUT2D eigenvalue weighted by Crippen LogP contribution is 2.42. The highest BCUT2D eigenvalue weighted by Gasteiger charge is 2.52. The second kappa shape index (κ2) is 6.05. The van der Waals surface area contributed by atoms with E-state index in [1.54, 1.807) is 0 Å². The van der Waals surface area contributed by atoms with Crippen LogP contribution in [-0.2, 0) is 18.2 Å². The van der Waals surface area contributed by atoms with Gasteiger partial charge in [-0.2, -0.15) is 0 Å². The van der Waals surface area contributed by atoms with Gasteiger partial charge in [-0.3, -0.25) is 9.13 Å². The smallest absolute Gasteiger partial charge is 0.265 e. The van der Waals surface area contributed by atoms with E-state index < -0.39 is 52.3 Å². The maximum atomic E-state index is 10.6. The number of phosphoric ester groups is 2. The predicted octanol–water partition coefficient (Wildman–Crippen LogP) is -4.86. The van der Waals surface area contributed by atoms with Gasteiger partial charge >= 0.3 is 0 Å². The molecule has 0 aromatic carbocycles. The topological polar surface area (TPSA) is 220 Å². The summed E-state index contributed by atoms with van der Waals surface area (Å²) in [7, 11) is -10.9. The lowest BCUT2D eigenvalue weighted by Crippen LogP contribution is -2.64. The Morgan fingerprint density at radius 2 is 1.00 bits per heavy atom. The van der Waals surface area contributed by atoms with Gasteiger partial charge in [0, 0.05) is 0 Å². The zero-order valence-corrected chi connectivity index (χ0v) is 11.3. The molecule has 5 unspecified atom stereocenters. The third-order valence-electron chi connectivity index (χ3n) is 2.56. The fourth-order valence-corrected chi connectivity index (χ4v) is 2.85. The van der Waals surface area contributed by atoms with E-state index in [1.165, 1.54) is 0 Å². The monoisotopic (exact) mass is 338 g/mol. The van der Waals surface area contributed by atoms with Crippen molar-refractivity contribution in [3.05, 3.63) is 0 Å². The Morgan fingerprint density at radius 1 is 0.700 bits per heavy atom. The van der Waals surface area contributed by atoms with Crippen molar-refractivity contribution in [3.63, 3.8) is 0 Å². The Kier molecular flexibility index (Phi) is 5.48. The summed E-state index contributed by atoms with van der Waals surface area (Å²) in [6.45, 7) is 0. The van der Waals surface area contributed by atoms with Crippen LogP contribution in [0.1, 0.15) is 0 Å². The standard InChI is InChI=1S/C6H14O12P2/c7-1-2(8)5(17-19(11,12)13)4(10)6(3(1)9)18-20(14,15)16/h1-10H,(H2,11,12,13)(H2,14,15,16)/p-2/t1?,2-,3+,4?,5-,6?/m1/s1. The SMILES string of the molecule is O=P([O-])(O)OC1C(O)[C@H](OP(=O)([O-])O)[C@H](O)C(O)[C@@H]1O. The van der Waals surface area contributed by atoms with Gasteiger partial charge in [-0.15, -0.1) is 0 Å². The van der Waals surface area contributed by atoms with Gasteiger partial charge in [0.05, 0.1) is 0 Å². The molecular weight excluding hydrogens is 326 g/mol. The predicted molar refractivity (Wildman–Crippen MR) is 53.4 cm³/mol. The Hall–Kier alpha value is 0.0600. The van der Waals surface area contributed by atoms with Crippen LogP contribution in [-0.4, -0.2) is 66.8 Å². The molecule has 120 valence electrons. The van der Waals surface area contributed by atoms with E-state index in [1.807, 2.05) is 0 Å². The molecule has 14 heteroatoms. The Morgan fingerprint density at radius 3 is 1.25 bits per heavy atom. The first-order valence-electron chi connectivity index (χ1n) is 5.00. The van der Waals surface area contributed by atoms with E-state index in [2.05, 4.69) is 9.05 Å². The van der Waals surface area contributed by atoms with Gasteiger partial charge in [-0.05, 0) is 0 Å². The second-order valence-corrected chi connectivity index (χ2v) is 6.34. The number of phosphoric acid groups is 2. The van der Waals surface area contributed by atoms with Crippen LogP contribution in [0.2, 0.25) is 0 Å². The van der Waals surface area contributed by atoms with Crippen LogP contribution >= 0.6 is 15.6 Å². The zero-order valence-electron chi connectivity index (χ0n) is 9.49. The average molecular weight is 338 g/mol. The molecule has 0 heterocycles. The molecule has 0 aromatic heterocycles. The number of rotatable bonds is 4. The molecule has 0 amide bonds. The molecule has 0 radical (unpaired) electrons. The van der Waals surface area contributed by atoms with E-state index in [4.69, 9.17) is 9.79 Å². The zero-order chi connectivity index (χ0) is 15.9. The Bertz CT molecular complexity index is 390. The summed E-state index contributed by atoms with van der Waals surface area (Å²) in [6.07, 6.45) is -13.3. The lowest BCUT2D eigenvalue weighted by Gasteiger charge is -2.44. The molecular formula is C6H12O12P2-2. The van der Waals surface area contributed by atoms with Crippen molar-refractivity contribution < 1.29 is 58.2 Å². The van der Waals surface area contributed by atoms with Crippen LogP contribution in [0.15, 0.2) is 0 Å². The van der Waals surface area contributed by atoms with Crippen molar-refractivity contribution >= 4 is 15.6 Å². The van der Waals surface area contributed by atoms with Crippen molar-refractivity contribution in [2.24, 2.45) is 0 Å². The van der Waals surface area contributed by atoms with Crippen LogP contribution in [0.3, 0.4) is 0 Å². The van der Waals surface area contributed by atoms with E-state index in [9.17, 15) is 39.3 Å². The van der Waals surface area contributed by atoms with E-state index in [-0.39, 0.29) is 0 Å². The molecule has 0 bridgehead atoms. The molecule has 1 fully saturated rings. The lowest BCUT2D eigenvalue weighted by atomic mass is 9.85. The second-order valence-electron chi connectivity index (χ2n) is 4.04. The van der Waals surface area contributed by atoms with Gasteiger partial charge in [0.1, 0.15) is 36.6 Å². The maximum Gasteiger partial charge on any atom is 0.265 e. The van der Waals surface area contributed by atoms with Crippen LogP contribution < -0.4 is 9.79 Å². The largest absolute Gasteiger partial charge is 0.756 e. The summed E-state index contributed by atoms with van der Waals surface area (Å²) in [5.74, 6) is 0. The van der Waals surface area contributed by atoms with Crippen molar-refractivity contribution in [3.8, 4) is 0 Å². The van der Waals surface area contributed by atoms with Gasteiger partial charge < -0.3 is 49.0 Å². The van der Waals surface area contributed by atoms with Gasteiger partial charge in [-0.1, -0.05) is 0 Å². The minimum Gasteiger partial charge on any atom is -0.756 e. The Balaban J connectivity index is 3.02. The summed E-state index contributed by atoms with van der Waals surface area (Å²) in [6, 6.07) is 0. The maximum absolute atomic E-state index is 10.6. The molecule has 0 spiro atoms. The average Bonchev–Trinajstić information content (AvgIpc) is 2.25. The molecule has 20 heavy (non-hydrogen) atoms. The minimum absolute atomic E-state index is 2.17. The molecule has 0 aromatic rings. The summed E-state index contributed by atoms with van der Waals surface area (Å²) in [5.41, 5.74) is 0. The first-order chi connectivity index (χ1) is 8.83. The van der Waals surface area contributed by atoms with Crippen molar-refractivity contribution in [2.75, 3.05) is 0 Å². The van der Waals surface area contributed by atoms with Crippen LogP contribution in [0.4, 0.5) is 0 Å². The molecule has 1 aliphatic rings. The van der Waals surface area contributed by atoms with Crippen LogP contribution in [0.5, 0.6) is 0 Å². The van der Waals surface area contributed by atoms with Gasteiger partial charge in [0.25, 0.3) is 15.6 Å². The molecule has 1 rings (SSSR count). The summed E-state index contributed by atoms with van der Waals surface area (Å²) in [4.78, 5) is 38.1. The van der Waals surface area contributed by atoms with Gasteiger partial charge in [0.2, 0.25) is 0 Å². The summed E-state index contributed by atoms with van der Waals surface area (Å²) >= 11 is 0. The normalized spacial score (nSPS) is 44.6. The number of hydrogen-bond acceptors (Lipinski definition) is 10. The van der Waals surface area contributed by atoms with Crippen molar-refractivity contribution in [2.45, 2.75) is 36.6 Å². The molecule has 12 nitrogen and oxygen atoms in total. The van der Waals surface area contributed by atoms with Crippen molar-refractivity contribution in [1.29, 1.82) is 0 Å². The van der Waals surface area contributed by atoms with E-state index >= 15 is 0 Å². The Labute approximate surface area is 111 Å². The third-order valence-corrected chi connectivity index (χ3v) is 3.58. The summed E-state index contributed by atoms with van der Waals surface area (Å²) < 4.78 is 28.9. The van der Waals surface area contributed by atoms with Crippen LogP contribution in [0.25, 0.3) is 0 Å². The van der Waals surface area contributed by atoms with Crippen LogP contribution in [0, 0.1) is 0 Å². The highest BCUT2D eigenvalue weighted by molar-refractivity contribution is 7.45. The molecule has 8 atom stereocenters. The van der Waals surface area contributed by atoms with Gasteiger partial charge in [-0.25, -0.2) is 0 Å². The molecule has 0 saturated heterocycles. The number of aliphatic hydroxyl groups excluding tert-OH is 4. The first-order valence-corrected chi connectivity index (χ1v) is 7.99. The fraction of sp³-hybridized carbons (Fsp3) is 1.00. The number of aliphatic hydroxyl groups is 4. The highest BCUT2D eigenvalue weighted by atomic mass is 31.2. The molecule has 1 saturated carbocycles. The van der Waals surface area contributed by atoms with Gasteiger partial charge in [0.15, 0.2) is 0 Å². The van der Waals surface area contributed by atoms with E-state index in [0.29, 0.717) is 0 Å². The first kappa shape index (κ1) is 18.1. The number of hydrogen-bond donors (Lipinski definition) is 6. The third kappa shape index (κ3) is 4.53. The molecule has 1 aliphatic carbocycles. The quantitative estimate of drug-likeness (QED) is 0.266. The lowest BCUT2D eigenvalue weighted by molar-refractivity contribution is -0.268. The van der Waals surface area contributed by atoms with Crippen molar-refractivity contribution in [1.82, 2.24) is 0 Å². The molecule has 6 N–H and O–H groups in total. The van der Waals surface area contributed by atoms with E-state index in [0.717, 1.165) is 0 Å².